The minimum atomic E-state index is -0.206. The Morgan fingerprint density at radius 3 is 2.69 bits per heavy atom. The molecule has 2 aromatic heterocycles. The van der Waals surface area contributed by atoms with E-state index >= 15 is 0 Å². The Morgan fingerprint density at radius 1 is 1.14 bits per heavy atom. The molecule has 0 aliphatic carbocycles. The van der Waals surface area contributed by atoms with E-state index in [1.807, 2.05) is 54.6 Å². The largest absolute Gasteiger partial charge is 0.489 e. The van der Waals surface area contributed by atoms with Gasteiger partial charge in [0.2, 0.25) is 4.96 Å². The van der Waals surface area contributed by atoms with Gasteiger partial charge >= 0.3 is 0 Å². The fourth-order valence-corrected chi connectivity index (χ4v) is 3.72. The average molecular weight is 422 g/mol. The van der Waals surface area contributed by atoms with Crippen molar-refractivity contribution in [1.29, 1.82) is 0 Å². The molecular formula is C22H16ClN3O2S. The number of hydrogen-bond acceptors (Lipinski definition) is 5. The maximum atomic E-state index is 12.7. The fraction of sp³-hybridized carbons (Fsp3) is 0.0455. The Balaban J connectivity index is 1.65. The molecule has 0 saturated carbocycles. The SMILES string of the molecule is C=CCOc1ccccc1/C=c1/sc2nc(/C=C/c3ccc(Cl)cc3)nn2c1=O. The lowest BCUT2D eigenvalue weighted by Gasteiger charge is -2.05. The van der Waals surface area contributed by atoms with Gasteiger partial charge in [0.05, 0.1) is 4.53 Å². The number of nitrogens with zero attached hydrogens (tertiary/aromatic N) is 3. The fourth-order valence-electron chi connectivity index (χ4n) is 2.69. The Kier molecular flexibility index (Phi) is 5.55. The summed E-state index contributed by atoms with van der Waals surface area (Å²) < 4.78 is 7.52. The van der Waals surface area contributed by atoms with Crippen LogP contribution in [0.25, 0.3) is 23.2 Å². The highest BCUT2D eigenvalue weighted by atomic mass is 35.5. The predicted octanol–water partition coefficient (Wildman–Crippen LogP) is 4.09. The minimum absolute atomic E-state index is 0.206. The molecule has 2 aromatic carbocycles. The van der Waals surface area contributed by atoms with Crippen molar-refractivity contribution < 1.29 is 4.74 Å². The van der Waals surface area contributed by atoms with Gasteiger partial charge in [-0.25, -0.2) is 0 Å². The standard InChI is InChI=1S/C22H16ClN3O2S/c1-2-13-28-18-6-4-3-5-16(18)14-19-21(27)26-22(29-19)24-20(25-26)12-9-15-7-10-17(23)11-8-15/h2-12,14H,1,13H2/b12-9+,19-14+. The van der Waals surface area contributed by atoms with E-state index in [9.17, 15) is 4.79 Å². The minimum Gasteiger partial charge on any atom is -0.489 e. The third-order valence-electron chi connectivity index (χ3n) is 4.06. The molecule has 0 amide bonds. The van der Waals surface area contributed by atoms with E-state index in [-0.39, 0.29) is 5.56 Å². The predicted molar refractivity (Wildman–Crippen MR) is 118 cm³/mol. The van der Waals surface area contributed by atoms with Gasteiger partial charge in [-0.3, -0.25) is 4.79 Å². The first-order valence-corrected chi connectivity index (χ1v) is 10.0. The van der Waals surface area contributed by atoms with Crippen molar-refractivity contribution in [1.82, 2.24) is 14.6 Å². The maximum absolute atomic E-state index is 12.7. The third kappa shape index (κ3) is 4.29. The van der Waals surface area contributed by atoms with Gasteiger partial charge in [-0.15, -0.1) is 5.10 Å². The molecular weight excluding hydrogens is 406 g/mol. The van der Waals surface area contributed by atoms with Crippen molar-refractivity contribution in [2.24, 2.45) is 0 Å². The lowest BCUT2D eigenvalue weighted by molar-refractivity contribution is 0.362. The zero-order valence-electron chi connectivity index (χ0n) is 15.3. The molecule has 0 fully saturated rings. The molecule has 0 aliphatic rings. The summed E-state index contributed by atoms with van der Waals surface area (Å²) in [5, 5.41) is 4.98. The first-order chi connectivity index (χ1) is 14.1. The molecule has 5 nitrogen and oxygen atoms in total. The zero-order chi connectivity index (χ0) is 20.2. The summed E-state index contributed by atoms with van der Waals surface area (Å²) in [6.45, 7) is 4.05. The third-order valence-corrected chi connectivity index (χ3v) is 5.27. The van der Waals surface area contributed by atoms with E-state index in [1.54, 1.807) is 18.2 Å². The van der Waals surface area contributed by atoms with Crippen molar-refractivity contribution in [3.05, 3.63) is 98.0 Å². The van der Waals surface area contributed by atoms with Gasteiger partial charge in [-0.1, -0.05) is 72.0 Å². The molecule has 0 N–H and O–H groups in total. The summed E-state index contributed by atoms with van der Waals surface area (Å²) >= 11 is 7.18. The zero-order valence-corrected chi connectivity index (χ0v) is 16.9. The van der Waals surface area contributed by atoms with E-state index in [4.69, 9.17) is 16.3 Å². The lowest BCUT2D eigenvalue weighted by Crippen LogP contribution is -2.23. The van der Waals surface area contributed by atoms with Gasteiger partial charge < -0.3 is 4.74 Å². The summed E-state index contributed by atoms with van der Waals surface area (Å²) in [4.78, 5) is 17.7. The topological polar surface area (TPSA) is 56.5 Å². The Morgan fingerprint density at radius 2 is 1.93 bits per heavy atom. The van der Waals surface area contributed by atoms with Crippen LogP contribution in [0.1, 0.15) is 17.0 Å². The quantitative estimate of drug-likeness (QED) is 0.440. The Hall–Kier alpha value is -3.22. The monoisotopic (exact) mass is 421 g/mol. The van der Waals surface area contributed by atoms with E-state index in [1.165, 1.54) is 15.9 Å². The average Bonchev–Trinajstić information content (AvgIpc) is 3.26. The number of hydrogen-bond donors (Lipinski definition) is 0. The molecule has 4 rings (SSSR count). The second kappa shape index (κ2) is 8.43. The smallest absolute Gasteiger partial charge is 0.291 e. The van der Waals surface area contributed by atoms with Crippen LogP contribution in [-0.2, 0) is 0 Å². The van der Waals surface area contributed by atoms with Crippen LogP contribution in [0.3, 0.4) is 0 Å². The van der Waals surface area contributed by atoms with Gasteiger partial charge in [0, 0.05) is 10.6 Å². The number of halogens is 1. The molecule has 0 unspecified atom stereocenters. The van der Waals surface area contributed by atoms with Crippen molar-refractivity contribution >= 4 is 46.1 Å². The first-order valence-electron chi connectivity index (χ1n) is 8.82. The van der Waals surface area contributed by atoms with Crippen LogP contribution in [0.4, 0.5) is 0 Å². The van der Waals surface area contributed by atoms with Gasteiger partial charge in [0.15, 0.2) is 5.82 Å². The van der Waals surface area contributed by atoms with Crippen LogP contribution >= 0.6 is 22.9 Å². The molecule has 7 heteroatoms. The number of benzene rings is 2. The summed E-state index contributed by atoms with van der Waals surface area (Å²) in [6.07, 6.45) is 7.12. The molecule has 0 aliphatic heterocycles. The normalized spacial score (nSPS) is 12.1. The van der Waals surface area contributed by atoms with Gasteiger partial charge in [-0.05, 0) is 35.9 Å². The summed E-state index contributed by atoms with van der Waals surface area (Å²) in [5.41, 5.74) is 1.58. The summed E-state index contributed by atoms with van der Waals surface area (Å²) in [5.74, 6) is 1.17. The lowest BCUT2D eigenvalue weighted by atomic mass is 10.2. The summed E-state index contributed by atoms with van der Waals surface area (Å²) in [7, 11) is 0. The number of fused-ring (bicyclic) bond motifs is 1. The van der Waals surface area contributed by atoms with Crippen LogP contribution in [-0.4, -0.2) is 21.2 Å². The van der Waals surface area contributed by atoms with Crippen LogP contribution < -0.4 is 14.8 Å². The molecule has 29 heavy (non-hydrogen) atoms. The molecule has 0 saturated heterocycles. The van der Waals surface area contributed by atoms with Crippen LogP contribution in [0, 0.1) is 0 Å². The highest BCUT2D eigenvalue weighted by Gasteiger charge is 2.09. The van der Waals surface area contributed by atoms with Crippen LogP contribution in [0.2, 0.25) is 5.02 Å². The van der Waals surface area contributed by atoms with Gasteiger partial charge in [-0.2, -0.15) is 9.50 Å². The molecule has 144 valence electrons. The van der Waals surface area contributed by atoms with Crippen LogP contribution in [0.15, 0.2) is 66.0 Å². The van der Waals surface area contributed by atoms with Crippen molar-refractivity contribution in [3.8, 4) is 5.75 Å². The second-order valence-corrected chi connectivity index (χ2v) is 7.55. The van der Waals surface area contributed by atoms with Crippen LogP contribution in [0.5, 0.6) is 5.75 Å². The number of thiazole rings is 1. The molecule has 0 spiro atoms. The highest BCUT2D eigenvalue weighted by Crippen LogP contribution is 2.19. The Bertz CT molecular complexity index is 1310. The second-order valence-electron chi connectivity index (χ2n) is 6.10. The maximum Gasteiger partial charge on any atom is 0.291 e. The van der Waals surface area contributed by atoms with Crippen molar-refractivity contribution in [2.75, 3.05) is 6.61 Å². The van der Waals surface area contributed by atoms with E-state index in [0.29, 0.717) is 32.7 Å². The van der Waals surface area contributed by atoms with Gasteiger partial charge in [0.25, 0.3) is 5.56 Å². The number of rotatable bonds is 6. The summed E-state index contributed by atoms with van der Waals surface area (Å²) in [6, 6.07) is 15.0. The molecule has 2 heterocycles. The molecule has 0 bridgehead atoms. The molecule has 0 atom stereocenters. The Labute approximate surface area is 175 Å². The van der Waals surface area contributed by atoms with E-state index in [0.717, 1.165) is 11.1 Å². The van der Waals surface area contributed by atoms with Crippen molar-refractivity contribution in [2.45, 2.75) is 0 Å². The van der Waals surface area contributed by atoms with E-state index in [2.05, 4.69) is 16.7 Å². The van der Waals surface area contributed by atoms with Crippen molar-refractivity contribution in [3.63, 3.8) is 0 Å². The number of aromatic nitrogens is 3. The molecule has 4 aromatic rings. The van der Waals surface area contributed by atoms with Gasteiger partial charge in [0.1, 0.15) is 12.4 Å². The number of ether oxygens (including phenoxy) is 1. The molecule has 0 radical (unpaired) electrons. The van der Waals surface area contributed by atoms with E-state index < -0.39 is 0 Å². The number of para-hydroxylation sites is 1. The first kappa shape index (κ1) is 19.1. The highest BCUT2D eigenvalue weighted by molar-refractivity contribution is 7.15.